The van der Waals surface area contributed by atoms with Crippen molar-refractivity contribution < 1.29 is 23.6 Å². The molecule has 0 aliphatic carbocycles. The van der Waals surface area contributed by atoms with E-state index in [4.69, 9.17) is 14.2 Å². The number of carbonyl (C=O) groups is 1. The van der Waals surface area contributed by atoms with Crippen molar-refractivity contribution in [1.82, 2.24) is 0 Å². The Hall–Kier alpha value is -0.980. The molecule has 0 radical (unpaired) electrons. The Labute approximate surface area is 225 Å². The predicted molar refractivity (Wildman–Crippen MR) is 148 cm³/mol. The minimum Gasteiger partial charge on any atom is -0.463 e. The standard InChI is InChI=1S/C30H54NO4S/c1-2-3-4-5-6-7-8-9-10-11-12-13-14-15-16-17-18-21-30-34-26-28(35-30)25-33-29(32)20-19-22-31-23-24-36-27-31/h23-24,27-28,30H,2-22,25-26H2,1H3/q+1. The third kappa shape index (κ3) is 16.7. The van der Waals surface area contributed by atoms with E-state index in [0.717, 1.165) is 25.8 Å². The van der Waals surface area contributed by atoms with Crippen molar-refractivity contribution in [3.8, 4) is 0 Å². The van der Waals surface area contributed by atoms with Gasteiger partial charge in [0.2, 0.25) is 5.51 Å². The molecule has 0 N–H and O–H groups in total. The number of nitrogens with zero attached hydrogens (tertiary/aromatic N) is 1. The number of unbranched alkanes of at least 4 members (excludes halogenated alkanes) is 16. The second-order valence-corrected chi connectivity index (χ2v) is 11.3. The fourth-order valence-corrected chi connectivity index (χ4v) is 5.46. The van der Waals surface area contributed by atoms with E-state index in [-0.39, 0.29) is 18.4 Å². The highest BCUT2D eigenvalue weighted by molar-refractivity contribution is 7.07. The monoisotopic (exact) mass is 524 g/mol. The first-order chi connectivity index (χ1) is 17.8. The van der Waals surface area contributed by atoms with Crippen molar-refractivity contribution in [2.24, 2.45) is 0 Å². The van der Waals surface area contributed by atoms with Crippen LogP contribution in [0.25, 0.3) is 0 Å². The third-order valence-electron chi connectivity index (χ3n) is 7.11. The molecule has 0 saturated carbocycles. The van der Waals surface area contributed by atoms with Crippen molar-refractivity contribution in [2.45, 2.75) is 154 Å². The maximum absolute atomic E-state index is 11.9. The number of hydrogen-bond donors (Lipinski definition) is 0. The summed E-state index contributed by atoms with van der Waals surface area (Å²) in [6.07, 6.45) is 27.5. The van der Waals surface area contributed by atoms with Gasteiger partial charge in [0.1, 0.15) is 19.3 Å². The Morgan fingerprint density at radius 3 is 2.00 bits per heavy atom. The summed E-state index contributed by atoms with van der Waals surface area (Å²) < 4.78 is 19.1. The molecule has 0 bridgehead atoms. The Balaban J connectivity index is 1.28. The van der Waals surface area contributed by atoms with Gasteiger partial charge < -0.3 is 14.2 Å². The highest BCUT2D eigenvalue weighted by Gasteiger charge is 2.26. The van der Waals surface area contributed by atoms with Crippen LogP contribution in [-0.2, 0) is 25.5 Å². The third-order valence-corrected chi connectivity index (χ3v) is 7.78. The van der Waals surface area contributed by atoms with Crippen molar-refractivity contribution in [3.63, 3.8) is 0 Å². The lowest BCUT2D eigenvalue weighted by atomic mass is 10.0. The molecule has 1 fully saturated rings. The molecule has 2 rings (SSSR count). The first kappa shape index (κ1) is 31.2. The zero-order valence-electron chi connectivity index (χ0n) is 23.1. The number of ether oxygens (including phenoxy) is 3. The van der Waals surface area contributed by atoms with Crippen LogP contribution >= 0.6 is 11.3 Å². The van der Waals surface area contributed by atoms with Gasteiger partial charge in [-0.1, -0.05) is 121 Å². The lowest BCUT2D eigenvalue weighted by Crippen LogP contribution is -2.30. The van der Waals surface area contributed by atoms with E-state index >= 15 is 0 Å². The molecule has 1 aliphatic heterocycles. The van der Waals surface area contributed by atoms with Gasteiger partial charge in [0, 0.05) is 6.42 Å². The SMILES string of the molecule is CCCCCCCCCCCCCCCCCCCC1OCC(COC(=O)CCC[n+]2ccsc2)O1. The number of rotatable bonds is 24. The molecule has 0 spiro atoms. The number of esters is 1. The van der Waals surface area contributed by atoms with Crippen LogP contribution in [0, 0.1) is 0 Å². The topological polar surface area (TPSA) is 48.6 Å². The van der Waals surface area contributed by atoms with Gasteiger partial charge in [-0.05, 0) is 12.8 Å². The van der Waals surface area contributed by atoms with E-state index in [0.29, 0.717) is 19.6 Å². The van der Waals surface area contributed by atoms with Crippen molar-refractivity contribution in [2.75, 3.05) is 13.2 Å². The van der Waals surface area contributed by atoms with Crippen LogP contribution in [0.5, 0.6) is 0 Å². The minimum atomic E-state index is -0.147. The number of aromatic nitrogens is 1. The van der Waals surface area contributed by atoms with Gasteiger partial charge in [0.15, 0.2) is 12.5 Å². The van der Waals surface area contributed by atoms with Crippen LogP contribution in [0.2, 0.25) is 0 Å². The quantitative estimate of drug-likeness (QED) is 0.0778. The van der Waals surface area contributed by atoms with E-state index in [2.05, 4.69) is 17.0 Å². The van der Waals surface area contributed by atoms with Crippen molar-refractivity contribution in [1.29, 1.82) is 0 Å². The summed E-state index contributed by atoms with van der Waals surface area (Å²) in [4.78, 5) is 11.9. The second kappa shape index (κ2) is 22.0. The summed E-state index contributed by atoms with van der Waals surface area (Å²) in [5, 5.41) is 2.03. The van der Waals surface area contributed by atoms with E-state index in [9.17, 15) is 4.79 Å². The van der Waals surface area contributed by atoms with Gasteiger partial charge in [0.25, 0.3) is 0 Å². The Kier molecular flexibility index (Phi) is 19.1. The molecule has 5 nitrogen and oxygen atoms in total. The summed E-state index contributed by atoms with van der Waals surface area (Å²) >= 11 is 1.66. The molecule has 1 aromatic heterocycles. The lowest BCUT2D eigenvalue weighted by molar-refractivity contribution is -0.692. The molecular weight excluding hydrogens is 470 g/mol. The van der Waals surface area contributed by atoms with Crippen LogP contribution in [0.1, 0.15) is 135 Å². The van der Waals surface area contributed by atoms with Gasteiger partial charge in [-0.15, -0.1) is 0 Å². The zero-order valence-corrected chi connectivity index (χ0v) is 24.0. The first-order valence-electron chi connectivity index (χ1n) is 15.1. The second-order valence-electron chi connectivity index (χ2n) is 10.5. The Morgan fingerprint density at radius 1 is 0.861 bits per heavy atom. The molecule has 208 valence electrons. The maximum Gasteiger partial charge on any atom is 0.306 e. The van der Waals surface area contributed by atoms with Crippen LogP contribution in [-0.4, -0.2) is 31.6 Å². The van der Waals surface area contributed by atoms with E-state index < -0.39 is 0 Å². The molecule has 2 atom stereocenters. The van der Waals surface area contributed by atoms with Gasteiger partial charge in [-0.2, -0.15) is 4.57 Å². The van der Waals surface area contributed by atoms with Crippen LogP contribution in [0.4, 0.5) is 0 Å². The summed E-state index contributed by atoms with van der Waals surface area (Å²) in [5.74, 6) is -0.147. The van der Waals surface area contributed by atoms with Crippen LogP contribution in [0.3, 0.4) is 0 Å². The average Bonchev–Trinajstić information content (AvgIpc) is 3.57. The molecule has 0 aromatic carbocycles. The lowest BCUT2D eigenvalue weighted by Gasteiger charge is -2.12. The fraction of sp³-hybridized carbons (Fsp3) is 0.867. The maximum atomic E-state index is 11.9. The summed E-state index contributed by atoms with van der Waals surface area (Å²) in [7, 11) is 0. The molecular formula is C30H54NO4S+. The number of carbonyl (C=O) groups excluding carboxylic acids is 1. The van der Waals surface area contributed by atoms with Crippen LogP contribution in [0.15, 0.2) is 17.1 Å². The van der Waals surface area contributed by atoms with E-state index in [1.54, 1.807) is 11.3 Å². The molecule has 0 amide bonds. The highest BCUT2D eigenvalue weighted by atomic mass is 32.1. The fourth-order valence-electron chi connectivity index (χ4n) is 4.84. The average molecular weight is 525 g/mol. The Bertz CT molecular complexity index is 624. The molecule has 36 heavy (non-hydrogen) atoms. The summed E-state index contributed by atoms with van der Waals surface area (Å²) in [6, 6.07) is 0. The van der Waals surface area contributed by atoms with Gasteiger partial charge in [-0.25, -0.2) is 0 Å². The molecule has 6 heteroatoms. The smallest absolute Gasteiger partial charge is 0.306 e. The van der Waals surface area contributed by atoms with Crippen molar-refractivity contribution in [3.05, 3.63) is 17.1 Å². The van der Waals surface area contributed by atoms with Gasteiger partial charge in [0.05, 0.1) is 18.4 Å². The van der Waals surface area contributed by atoms with E-state index in [1.807, 2.05) is 11.6 Å². The van der Waals surface area contributed by atoms with Gasteiger partial charge >= 0.3 is 5.97 Å². The molecule has 1 aromatic rings. The van der Waals surface area contributed by atoms with Crippen molar-refractivity contribution >= 4 is 17.3 Å². The molecule has 1 saturated heterocycles. The predicted octanol–water partition coefficient (Wildman–Crippen LogP) is 8.14. The van der Waals surface area contributed by atoms with Gasteiger partial charge in [-0.3, -0.25) is 4.79 Å². The number of thiazole rings is 1. The first-order valence-corrected chi connectivity index (χ1v) is 16.1. The largest absolute Gasteiger partial charge is 0.463 e. The van der Waals surface area contributed by atoms with Crippen LogP contribution < -0.4 is 4.57 Å². The minimum absolute atomic E-state index is 0.115. The summed E-state index contributed by atoms with van der Waals surface area (Å²) in [6.45, 7) is 3.97. The number of hydrogen-bond acceptors (Lipinski definition) is 5. The molecule has 2 heterocycles. The number of aryl methyl sites for hydroxylation is 1. The zero-order chi connectivity index (χ0) is 25.5. The molecule has 1 aliphatic rings. The normalized spacial score (nSPS) is 17.6. The molecule has 2 unspecified atom stereocenters. The van der Waals surface area contributed by atoms with E-state index in [1.165, 1.54) is 103 Å². The Morgan fingerprint density at radius 2 is 1.44 bits per heavy atom. The summed E-state index contributed by atoms with van der Waals surface area (Å²) in [5.41, 5.74) is 2.05. The highest BCUT2D eigenvalue weighted by Crippen LogP contribution is 2.19.